The summed E-state index contributed by atoms with van der Waals surface area (Å²) in [6, 6.07) is 13.6. The summed E-state index contributed by atoms with van der Waals surface area (Å²) in [5.74, 6) is 0.371. The second-order valence-electron chi connectivity index (χ2n) is 3.80. The quantitative estimate of drug-likeness (QED) is 0.819. The molecule has 0 aliphatic rings. The van der Waals surface area contributed by atoms with Crippen molar-refractivity contribution in [1.29, 1.82) is 5.26 Å². The zero-order valence-electron chi connectivity index (χ0n) is 9.98. The zero-order valence-corrected chi connectivity index (χ0v) is 9.98. The van der Waals surface area contributed by atoms with Gasteiger partial charge < -0.3 is 4.74 Å². The largest absolute Gasteiger partial charge is 0.494 e. The molecule has 0 spiro atoms. The first-order valence-corrected chi connectivity index (χ1v) is 5.67. The number of hydrogen-bond donors (Lipinski definition) is 0. The molecule has 0 radical (unpaired) electrons. The molecule has 0 N–H and O–H groups in total. The highest BCUT2D eigenvalue weighted by atomic mass is 19.1. The van der Waals surface area contributed by atoms with Crippen LogP contribution in [0.25, 0.3) is 11.1 Å². The van der Waals surface area contributed by atoms with Gasteiger partial charge in [-0.05, 0) is 48.4 Å². The van der Waals surface area contributed by atoms with Crippen molar-refractivity contribution in [3.63, 3.8) is 0 Å². The van der Waals surface area contributed by atoms with Crippen molar-refractivity contribution in [1.82, 2.24) is 0 Å². The van der Waals surface area contributed by atoms with E-state index in [0.717, 1.165) is 11.3 Å². The van der Waals surface area contributed by atoms with Gasteiger partial charge in [-0.15, -0.1) is 0 Å². The summed E-state index contributed by atoms with van der Waals surface area (Å²) in [4.78, 5) is 0. The molecule has 0 aromatic heterocycles. The summed E-state index contributed by atoms with van der Waals surface area (Å²) in [5.41, 5.74) is 1.86. The van der Waals surface area contributed by atoms with Crippen molar-refractivity contribution in [2.75, 3.05) is 6.61 Å². The number of halogens is 1. The molecule has 0 bridgehead atoms. The standard InChI is InChI=1S/C15H12FNO/c1-2-18-15-5-3-12(4-6-15)13-7-11(10-17)8-14(16)9-13/h3-9H,2H2,1H3. The minimum absolute atomic E-state index is 0.318. The first-order chi connectivity index (χ1) is 8.72. The lowest BCUT2D eigenvalue weighted by Gasteiger charge is -2.06. The van der Waals surface area contributed by atoms with E-state index in [2.05, 4.69) is 0 Å². The van der Waals surface area contributed by atoms with Gasteiger partial charge in [0, 0.05) is 0 Å². The van der Waals surface area contributed by atoms with E-state index in [1.54, 1.807) is 6.07 Å². The summed E-state index contributed by atoms with van der Waals surface area (Å²) < 4.78 is 18.7. The molecule has 90 valence electrons. The molecule has 0 amide bonds. The third-order valence-corrected chi connectivity index (χ3v) is 2.53. The zero-order chi connectivity index (χ0) is 13.0. The molecular weight excluding hydrogens is 229 g/mol. The van der Waals surface area contributed by atoms with E-state index in [-0.39, 0.29) is 0 Å². The van der Waals surface area contributed by atoms with Gasteiger partial charge in [-0.25, -0.2) is 4.39 Å². The van der Waals surface area contributed by atoms with Crippen LogP contribution in [0.5, 0.6) is 5.75 Å². The SMILES string of the molecule is CCOc1ccc(-c2cc(F)cc(C#N)c2)cc1. The fourth-order valence-electron chi connectivity index (χ4n) is 1.73. The number of nitrogens with zero attached hydrogens (tertiary/aromatic N) is 1. The van der Waals surface area contributed by atoms with E-state index in [9.17, 15) is 4.39 Å². The normalized spacial score (nSPS) is 9.83. The van der Waals surface area contributed by atoms with Crippen LogP contribution in [0.3, 0.4) is 0 Å². The maximum Gasteiger partial charge on any atom is 0.125 e. The van der Waals surface area contributed by atoms with Gasteiger partial charge in [-0.3, -0.25) is 0 Å². The Balaban J connectivity index is 2.36. The monoisotopic (exact) mass is 241 g/mol. The third-order valence-electron chi connectivity index (χ3n) is 2.53. The fraction of sp³-hybridized carbons (Fsp3) is 0.133. The summed E-state index contributed by atoms with van der Waals surface area (Å²) in [5, 5.41) is 8.81. The fourth-order valence-corrected chi connectivity index (χ4v) is 1.73. The van der Waals surface area contributed by atoms with Crippen LogP contribution in [0.4, 0.5) is 4.39 Å². The molecule has 0 atom stereocenters. The van der Waals surface area contributed by atoms with Gasteiger partial charge in [-0.2, -0.15) is 5.26 Å². The lowest BCUT2D eigenvalue weighted by molar-refractivity contribution is 0.340. The van der Waals surface area contributed by atoms with Gasteiger partial charge in [0.1, 0.15) is 11.6 Å². The van der Waals surface area contributed by atoms with E-state index in [4.69, 9.17) is 10.00 Å². The highest BCUT2D eigenvalue weighted by Crippen LogP contribution is 2.24. The highest BCUT2D eigenvalue weighted by Gasteiger charge is 2.03. The molecule has 0 saturated carbocycles. The molecular formula is C15H12FNO. The molecule has 2 aromatic carbocycles. The van der Waals surface area contributed by atoms with Crippen molar-refractivity contribution >= 4 is 0 Å². The van der Waals surface area contributed by atoms with E-state index in [1.165, 1.54) is 12.1 Å². The Bertz CT molecular complexity index is 584. The van der Waals surface area contributed by atoms with E-state index >= 15 is 0 Å². The minimum atomic E-state index is -0.405. The van der Waals surface area contributed by atoms with Crippen LogP contribution in [-0.2, 0) is 0 Å². The van der Waals surface area contributed by atoms with Crippen LogP contribution >= 0.6 is 0 Å². The lowest BCUT2D eigenvalue weighted by Crippen LogP contribution is -1.91. The van der Waals surface area contributed by atoms with Crippen LogP contribution in [0.1, 0.15) is 12.5 Å². The van der Waals surface area contributed by atoms with Gasteiger partial charge in [-0.1, -0.05) is 12.1 Å². The second kappa shape index (κ2) is 5.33. The summed E-state index contributed by atoms with van der Waals surface area (Å²) in [6.07, 6.45) is 0. The topological polar surface area (TPSA) is 33.0 Å². The van der Waals surface area contributed by atoms with E-state index < -0.39 is 5.82 Å². The Kier molecular flexibility index (Phi) is 3.59. The molecule has 2 aromatic rings. The molecule has 0 heterocycles. The third kappa shape index (κ3) is 2.67. The first-order valence-electron chi connectivity index (χ1n) is 5.67. The van der Waals surface area contributed by atoms with Crippen LogP contribution in [-0.4, -0.2) is 6.61 Å². The Hall–Kier alpha value is -2.34. The van der Waals surface area contributed by atoms with E-state index in [1.807, 2.05) is 37.3 Å². The molecule has 0 fully saturated rings. The van der Waals surface area contributed by atoms with Crippen molar-refractivity contribution in [2.24, 2.45) is 0 Å². The maximum atomic E-state index is 13.3. The predicted octanol–water partition coefficient (Wildman–Crippen LogP) is 3.76. The summed E-state index contributed by atoms with van der Waals surface area (Å²) in [7, 11) is 0. The second-order valence-corrected chi connectivity index (χ2v) is 3.80. The van der Waals surface area contributed by atoms with Crippen LogP contribution < -0.4 is 4.74 Å². The molecule has 0 aliphatic carbocycles. The number of benzene rings is 2. The number of rotatable bonds is 3. The Morgan fingerprint density at radius 1 is 1.11 bits per heavy atom. The van der Waals surface area contributed by atoms with Crippen molar-refractivity contribution in [2.45, 2.75) is 6.92 Å². The van der Waals surface area contributed by atoms with Gasteiger partial charge in [0.05, 0.1) is 18.2 Å². The molecule has 0 unspecified atom stereocenters. The van der Waals surface area contributed by atoms with Crippen LogP contribution in [0.2, 0.25) is 0 Å². The average molecular weight is 241 g/mol. The summed E-state index contributed by atoms with van der Waals surface area (Å²) >= 11 is 0. The average Bonchev–Trinajstić information content (AvgIpc) is 2.39. The van der Waals surface area contributed by atoms with Crippen molar-refractivity contribution in [3.8, 4) is 22.9 Å². The molecule has 2 nitrogen and oxygen atoms in total. The Morgan fingerprint density at radius 3 is 2.44 bits per heavy atom. The minimum Gasteiger partial charge on any atom is -0.494 e. The Morgan fingerprint density at radius 2 is 1.83 bits per heavy atom. The lowest BCUT2D eigenvalue weighted by atomic mass is 10.0. The van der Waals surface area contributed by atoms with Crippen molar-refractivity contribution < 1.29 is 9.13 Å². The number of hydrogen-bond acceptors (Lipinski definition) is 2. The molecule has 3 heteroatoms. The molecule has 0 saturated heterocycles. The van der Waals surface area contributed by atoms with Gasteiger partial charge in [0.2, 0.25) is 0 Å². The van der Waals surface area contributed by atoms with Crippen LogP contribution in [0, 0.1) is 17.1 Å². The molecule has 2 rings (SSSR count). The van der Waals surface area contributed by atoms with Gasteiger partial charge >= 0.3 is 0 Å². The number of ether oxygens (including phenoxy) is 1. The summed E-state index contributed by atoms with van der Waals surface area (Å²) in [6.45, 7) is 2.53. The van der Waals surface area contributed by atoms with Crippen molar-refractivity contribution in [3.05, 3.63) is 53.8 Å². The Labute approximate surface area is 105 Å². The highest BCUT2D eigenvalue weighted by molar-refractivity contribution is 5.66. The smallest absolute Gasteiger partial charge is 0.125 e. The number of nitriles is 1. The first kappa shape index (κ1) is 12.1. The van der Waals surface area contributed by atoms with Crippen LogP contribution in [0.15, 0.2) is 42.5 Å². The molecule has 0 aliphatic heterocycles. The molecule has 18 heavy (non-hydrogen) atoms. The van der Waals surface area contributed by atoms with Gasteiger partial charge in [0.15, 0.2) is 0 Å². The van der Waals surface area contributed by atoms with E-state index in [0.29, 0.717) is 17.7 Å². The maximum absolute atomic E-state index is 13.3. The predicted molar refractivity (Wildman–Crippen MR) is 67.7 cm³/mol. The van der Waals surface area contributed by atoms with Gasteiger partial charge in [0.25, 0.3) is 0 Å².